The van der Waals surface area contributed by atoms with Gasteiger partial charge in [-0.1, -0.05) is 24.3 Å². The zero-order valence-electron chi connectivity index (χ0n) is 17.7. The highest BCUT2D eigenvalue weighted by molar-refractivity contribution is 6.39. The van der Waals surface area contributed by atoms with Crippen LogP contribution in [0.15, 0.2) is 42.5 Å². The molecular formula is C23H29FN4O2. The maximum absolute atomic E-state index is 13.4. The van der Waals surface area contributed by atoms with Gasteiger partial charge < -0.3 is 15.5 Å². The van der Waals surface area contributed by atoms with Crippen molar-refractivity contribution in [1.82, 2.24) is 15.1 Å². The Bertz CT molecular complexity index is 893. The second-order valence-corrected chi connectivity index (χ2v) is 7.82. The molecule has 2 aromatic rings. The zero-order valence-corrected chi connectivity index (χ0v) is 17.7. The summed E-state index contributed by atoms with van der Waals surface area (Å²) in [7, 11) is 2.07. The lowest BCUT2D eigenvalue weighted by Gasteiger charge is -2.38. The van der Waals surface area contributed by atoms with Gasteiger partial charge in [0.05, 0.1) is 6.04 Å². The van der Waals surface area contributed by atoms with E-state index in [0.29, 0.717) is 5.69 Å². The Morgan fingerprint density at radius 1 is 1.00 bits per heavy atom. The van der Waals surface area contributed by atoms with E-state index in [1.165, 1.54) is 12.1 Å². The summed E-state index contributed by atoms with van der Waals surface area (Å²) in [4.78, 5) is 29.4. The number of benzene rings is 2. The van der Waals surface area contributed by atoms with Gasteiger partial charge in [0, 0.05) is 38.4 Å². The Morgan fingerprint density at radius 2 is 1.67 bits per heavy atom. The number of likely N-dealkylation sites (N-methyl/N-ethyl adjacent to an activating group) is 1. The molecule has 1 saturated heterocycles. The van der Waals surface area contributed by atoms with E-state index in [-0.39, 0.29) is 18.4 Å². The van der Waals surface area contributed by atoms with Crippen molar-refractivity contribution in [1.29, 1.82) is 0 Å². The maximum Gasteiger partial charge on any atom is 0.313 e. The highest BCUT2D eigenvalue weighted by Crippen LogP contribution is 2.22. The Morgan fingerprint density at radius 3 is 2.33 bits per heavy atom. The largest absolute Gasteiger partial charge is 0.346 e. The summed E-state index contributed by atoms with van der Waals surface area (Å²) in [6.07, 6.45) is 0. The summed E-state index contributed by atoms with van der Waals surface area (Å²) in [6, 6.07) is 11.8. The van der Waals surface area contributed by atoms with Gasteiger partial charge in [0.25, 0.3) is 0 Å². The zero-order chi connectivity index (χ0) is 21.7. The molecule has 0 aliphatic carbocycles. The van der Waals surface area contributed by atoms with Gasteiger partial charge in [0.1, 0.15) is 5.82 Å². The van der Waals surface area contributed by atoms with Crippen LogP contribution in [-0.2, 0) is 9.59 Å². The number of hydrogen-bond acceptors (Lipinski definition) is 4. The molecule has 0 saturated carbocycles. The fraction of sp³-hybridized carbons (Fsp3) is 0.391. The molecule has 2 N–H and O–H groups in total. The fourth-order valence-corrected chi connectivity index (χ4v) is 3.61. The minimum Gasteiger partial charge on any atom is -0.346 e. The number of carbonyl (C=O) groups is 2. The van der Waals surface area contributed by atoms with Crippen LogP contribution in [-0.4, -0.2) is 61.4 Å². The summed E-state index contributed by atoms with van der Waals surface area (Å²) in [5, 5.41) is 5.44. The van der Waals surface area contributed by atoms with Crippen LogP contribution in [0.5, 0.6) is 0 Å². The lowest BCUT2D eigenvalue weighted by molar-refractivity contribution is -0.136. The number of nitrogens with zero attached hydrogens (tertiary/aromatic N) is 2. The molecule has 6 nitrogen and oxygen atoms in total. The smallest absolute Gasteiger partial charge is 0.313 e. The molecule has 1 heterocycles. The van der Waals surface area contributed by atoms with Crippen LogP contribution in [0.1, 0.15) is 22.7 Å². The normalized spacial score (nSPS) is 16.1. The third-order valence-corrected chi connectivity index (χ3v) is 5.75. The molecular weight excluding hydrogens is 383 g/mol. The number of rotatable bonds is 5. The van der Waals surface area contributed by atoms with E-state index < -0.39 is 11.8 Å². The van der Waals surface area contributed by atoms with Crippen molar-refractivity contribution >= 4 is 17.5 Å². The van der Waals surface area contributed by atoms with Crippen LogP contribution >= 0.6 is 0 Å². The van der Waals surface area contributed by atoms with E-state index in [1.54, 1.807) is 18.2 Å². The monoisotopic (exact) mass is 412 g/mol. The number of hydrogen-bond donors (Lipinski definition) is 2. The van der Waals surface area contributed by atoms with Gasteiger partial charge in [-0.25, -0.2) is 4.39 Å². The van der Waals surface area contributed by atoms with Gasteiger partial charge >= 0.3 is 11.8 Å². The first-order chi connectivity index (χ1) is 14.3. The van der Waals surface area contributed by atoms with Crippen molar-refractivity contribution in [3.63, 3.8) is 0 Å². The van der Waals surface area contributed by atoms with Gasteiger partial charge in [-0.2, -0.15) is 0 Å². The van der Waals surface area contributed by atoms with E-state index in [9.17, 15) is 14.0 Å². The van der Waals surface area contributed by atoms with Gasteiger partial charge in [-0.05, 0) is 55.8 Å². The van der Waals surface area contributed by atoms with Crippen molar-refractivity contribution in [3.8, 4) is 0 Å². The highest BCUT2D eigenvalue weighted by Gasteiger charge is 2.25. The second-order valence-electron chi connectivity index (χ2n) is 7.82. The number of carbonyl (C=O) groups excluding carboxylic acids is 2. The van der Waals surface area contributed by atoms with Gasteiger partial charge in [-0.3, -0.25) is 14.5 Å². The van der Waals surface area contributed by atoms with E-state index in [1.807, 2.05) is 26.0 Å². The standard InChI is InChI=1S/C23H29FN4O2/c1-16-5-4-6-20(17(16)2)26-23(30)22(29)25-15-21(18-7-9-19(24)10-8-18)28-13-11-27(3)12-14-28/h4-10,21H,11-15H2,1-3H3,(H,25,29)(H,26,30)/t21-/m0/s1. The van der Waals surface area contributed by atoms with Crippen molar-refractivity contribution in [2.45, 2.75) is 19.9 Å². The van der Waals surface area contributed by atoms with Crippen LogP contribution in [0.25, 0.3) is 0 Å². The summed E-state index contributed by atoms with van der Waals surface area (Å²) in [5.74, 6) is -1.68. The van der Waals surface area contributed by atoms with Crippen molar-refractivity contribution in [2.75, 3.05) is 45.1 Å². The van der Waals surface area contributed by atoms with E-state index >= 15 is 0 Å². The maximum atomic E-state index is 13.4. The van der Waals surface area contributed by atoms with Gasteiger partial charge in [0.2, 0.25) is 0 Å². The molecule has 0 bridgehead atoms. The molecule has 2 aromatic carbocycles. The van der Waals surface area contributed by atoms with Crippen LogP contribution in [0.2, 0.25) is 0 Å². The number of halogens is 1. The predicted molar refractivity (Wildman–Crippen MR) is 116 cm³/mol. The summed E-state index contributed by atoms with van der Waals surface area (Å²) >= 11 is 0. The molecule has 1 aliphatic heterocycles. The minimum absolute atomic E-state index is 0.128. The molecule has 7 heteroatoms. The molecule has 1 atom stereocenters. The minimum atomic E-state index is -0.695. The first-order valence-corrected chi connectivity index (χ1v) is 10.2. The van der Waals surface area contributed by atoms with Gasteiger partial charge in [-0.15, -0.1) is 0 Å². The van der Waals surface area contributed by atoms with E-state index in [4.69, 9.17) is 0 Å². The highest BCUT2D eigenvalue weighted by atomic mass is 19.1. The molecule has 3 rings (SSSR count). The lowest BCUT2D eigenvalue weighted by Crippen LogP contribution is -2.49. The van der Waals surface area contributed by atoms with Crippen molar-refractivity contribution in [3.05, 3.63) is 65.0 Å². The average Bonchev–Trinajstić information content (AvgIpc) is 2.73. The molecule has 160 valence electrons. The summed E-state index contributed by atoms with van der Waals surface area (Å²) in [6.45, 7) is 7.63. The van der Waals surface area contributed by atoms with Crippen LogP contribution in [0.3, 0.4) is 0 Å². The molecule has 0 radical (unpaired) electrons. The average molecular weight is 413 g/mol. The quantitative estimate of drug-likeness (QED) is 0.741. The summed E-state index contributed by atoms with van der Waals surface area (Å²) < 4.78 is 13.4. The first kappa shape index (κ1) is 21.9. The Kier molecular flexibility index (Phi) is 7.18. The SMILES string of the molecule is Cc1cccc(NC(=O)C(=O)NC[C@@H](c2ccc(F)cc2)N2CCN(C)CC2)c1C. The third kappa shape index (κ3) is 5.43. The molecule has 2 amide bonds. The van der Waals surface area contributed by atoms with E-state index in [2.05, 4.69) is 27.5 Å². The van der Waals surface area contributed by atoms with Crippen LogP contribution < -0.4 is 10.6 Å². The third-order valence-electron chi connectivity index (χ3n) is 5.75. The number of amides is 2. The van der Waals surface area contributed by atoms with Crippen LogP contribution in [0, 0.1) is 19.7 Å². The Labute approximate surface area is 177 Å². The Balaban J connectivity index is 1.66. The van der Waals surface area contributed by atoms with Crippen molar-refractivity contribution in [2.24, 2.45) is 0 Å². The Hall–Kier alpha value is -2.77. The van der Waals surface area contributed by atoms with Gasteiger partial charge in [0.15, 0.2) is 0 Å². The van der Waals surface area contributed by atoms with Crippen LogP contribution in [0.4, 0.5) is 10.1 Å². The first-order valence-electron chi connectivity index (χ1n) is 10.2. The number of anilines is 1. The molecule has 0 spiro atoms. The predicted octanol–water partition coefficient (Wildman–Crippen LogP) is 2.49. The number of nitrogens with one attached hydrogen (secondary N) is 2. The fourth-order valence-electron chi connectivity index (χ4n) is 3.61. The lowest BCUT2D eigenvalue weighted by atomic mass is 10.0. The van der Waals surface area contributed by atoms with Crippen molar-refractivity contribution < 1.29 is 14.0 Å². The topological polar surface area (TPSA) is 64.7 Å². The number of aryl methyl sites for hydroxylation is 1. The second kappa shape index (κ2) is 9.82. The molecule has 0 aromatic heterocycles. The summed E-state index contributed by atoms with van der Waals surface area (Å²) in [5.41, 5.74) is 3.51. The molecule has 1 aliphatic rings. The van der Waals surface area contributed by atoms with E-state index in [0.717, 1.165) is 42.9 Å². The number of piperazine rings is 1. The molecule has 0 unspecified atom stereocenters. The molecule has 1 fully saturated rings. The molecule has 30 heavy (non-hydrogen) atoms.